The number of aliphatic hydroxyl groups excluding tert-OH is 1. The van der Waals surface area contributed by atoms with Crippen molar-refractivity contribution >= 4 is 5.97 Å². The standard InChI is InChI=1S/C10H10O3/c11-9-7-5-3-1-2-4-6-8-10(12)13/h5,7,11H,6,8-9H2,(H,12,13)/b7-5+. The largest absolute Gasteiger partial charge is 0.481 e. The van der Waals surface area contributed by atoms with E-state index in [0.29, 0.717) is 6.42 Å². The van der Waals surface area contributed by atoms with Gasteiger partial charge in [0.25, 0.3) is 0 Å². The van der Waals surface area contributed by atoms with Gasteiger partial charge in [0.2, 0.25) is 0 Å². The summed E-state index contributed by atoms with van der Waals surface area (Å²) in [4.78, 5) is 10.0. The summed E-state index contributed by atoms with van der Waals surface area (Å²) in [5.41, 5.74) is 0. The van der Waals surface area contributed by atoms with E-state index in [1.807, 2.05) is 0 Å². The molecule has 13 heavy (non-hydrogen) atoms. The van der Waals surface area contributed by atoms with Gasteiger partial charge in [0.05, 0.1) is 13.0 Å². The molecule has 0 heterocycles. The molecule has 0 aliphatic carbocycles. The highest BCUT2D eigenvalue weighted by Gasteiger charge is 1.90. The Hall–Kier alpha value is -1.71. The van der Waals surface area contributed by atoms with Crippen LogP contribution in [0.2, 0.25) is 0 Å². The average Bonchev–Trinajstić information content (AvgIpc) is 2.09. The summed E-state index contributed by atoms with van der Waals surface area (Å²) in [6, 6.07) is 0. The van der Waals surface area contributed by atoms with Crippen LogP contribution in [0.5, 0.6) is 0 Å². The van der Waals surface area contributed by atoms with E-state index in [0.717, 1.165) is 0 Å². The third-order valence-electron chi connectivity index (χ3n) is 0.994. The van der Waals surface area contributed by atoms with Crippen LogP contribution in [0.1, 0.15) is 12.8 Å². The first-order valence-corrected chi connectivity index (χ1v) is 3.73. The first kappa shape index (κ1) is 11.3. The second-order valence-electron chi connectivity index (χ2n) is 2.05. The molecule has 0 aliphatic heterocycles. The van der Waals surface area contributed by atoms with Crippen LogP contribution in [-0.4, -0.2) is 22.8 Å². The molecule has 2 N–H and O–H groups in total. The van der Waals surface area contributed by atoms with Crippen molar-refractivity contribution in [2.24, 2.45) is 0 Å². The molecular formula is C10H10O3. The van der Waals surface area contributed by atoms with E-state index in [-0.39, 0.29) is 13.0 Å². The average molecular weight is 178 g/mol. The van der Waals surface area contributed by atoms with Gasteiger partial charge in [-0.3, -0.25) is 4.79 Å². The molecule has 0 unspecified atom stereocenters. The number of hydrogen-bond acceptors (Lipinski definition) is 2. The Morgan fingerprint density at radius 1 is 1.38 bits per heavy atom. The number of aliphatic hydroxyl groups is 1. The number of aliphatic carboxylic acids is 1. The predicted octanol–water partition coefficient (Wildman–Crippen LogP) is 0.406. The second-order valence-corrected chi connectivity index (χ2v) is 2.05. The van der Waals surface area contributed by atoms with Crippen molar-refractivity contribution in [1.29, 1.82) is 0 Å². The zero-order valence-corrected chi connectivity index (χ0v) is 7.08. The summed E-state index contributed by atoms with van der Waals surface area (Å²) in [6.45, 7) is -0.0406. The lowest BCUT2D eigenvalue weighted by molar-refractivity contribution is -0.136. The summed E-state index contributed by atoms with van der Waals surface area (Å²) in [5.74, 6) is 9.28. The highest BCUT2D eigenvalue weighted by atomic mass is 16.4. The zero-order valence-electron chi connectivity index (χ0n) is 7.08. The molecular weight excluding hydrogens is 168 g/mol. The van der Waals surface area contributed by atoms with Gasteiger partial charge in [-0.25, -0.2) is 0 Å². The third kappa shape index (κ3) is 10.3. The molecule has 0 spiro atoms. The molecule has 3 heteroatoms. The van der Waals surface area contributed by atoms with Gasteiger partial charge in [0, 0.05) is 6.42 Å². The van der Waals surface area contributed by atoms with Crippen LogP contribution in [0.25, 0.3) is 0 Å². The SMILES string of the molecule is O=C(O)CCC#CC#C/C=C/CO. The lowest BCUT2D eigenvalue weighted by atomic mass is 10.3. The number of rotatable bonds is 3. The number of hydrogen-bond donors (Lipinski definition) is 2. The molecule has 0 aromatic carbocycles. The smallest absolute Gasteiger partial charge is 0.304 e. The van der Waals surface area contributed by atoms with Crippen LogP contribution in [0.15, 0.2) is 12.2 Å². The molecule has 0 saturated carbocycles. The molecule has 0 aromatic rings. The molecule has 3 nitrogen and oxygen atoms in total. The van der Waals surface area contributed by atoms with Gasteiger partial charge in [0.1, 0.15) is 0 Å². The fraction of sp³-hybridized carbons (Fsp3) is 0.300. The van der Waals surface area contributed by atoms with E-state index >= 15 is 0 Å². The van der Waals surface area contributed by atoms with Crippen molar-refractivity contribution in [2.75, 3.05) is 6.61 Å². The fourth-order valence-electron chi connectivity index (χ4n) is 0.466. The molecule has 68 valence electrons. The molecule has 0 amide bonds. The fourth-order valence-corrected chi connectivity index (χ4v) is 0.466. The minimum atomic E-state index is -0.859. The van der Waals surface area contributed by atoms with Crippen LogP contribution >= 0.6 is 0 Å². The first-order chi connectivity index (χ1) is 6.27. The molecule has 0 saturated heterocycles. The zero-order chi connectivity index (χ0) is 9.94. The number of allylic oxidation sites excluding steroid dienone is 1. The van der Waals surface area contributed by atoms with Crippen LogP contribution in [0.4, 0.5) is 0 Å². The molecule has 0 fully saturated rings. The van der Waals surface area contributed by atoms with Gasteiger partial charge in [-0.2, -0.15) is 0 Å². The molecule has 0 rings (SSSR count). The molecule has 0 radical (unpaired) electrons. The second kappa shape index (κ2) is 8.39. The molecule has 0 aliphatic rings. The number of carboxylic acids is 1. The van der Waals surface area contributed by atoms with E-state index in [4.69, 9.17) is 10.2 Å². The van der Waals surface area contributed by atoms with Crippen LogP contribution in [0, 0.1) is 23.7 Å². The highest BCUT2D eigenvalue weighted by Crippen LogP contribution is 1.83. The summed E-state index contributed by atoms with van der Waals surface area (Å²) in [7, 11) is 0. The van der Waals surface area contributed by atoms with E-state index < -0.39 is 5.97 Å². The minimum Gasteiger partial charge on any atom is -0.481 e. The summed E-state index contributed by atoms with van der Waals surface area (Å²) in [5, 5.41) is 16.6. The lowest BCUT2D eigenvalue weighted by Gasteiger charge is -1.80. The van der Waals surface area contributed by atoms with Crippen molar-refractivity contribution in [3.05, 3.63) is 12.2 Å². The number of carboxylic acid groups (broad SMARTS) is 1. The first-order valence-electron chi connectivity index (χ1n) is 3.73. The van der Waals surface area contributed by atoms with Gasteiger partial charge < -0.3 is 10.2 Å². The molecule has 0 atom stereocenters. The topological polar surface area (TPSA) is 57.5 Å². The van der Waals surface area contributed by atoms with Crippen molar-refractivity contribution in [3.8, 4) is 23.7 Å². The Morgan fingerprint density at radius 3 is 2.77 bits per heavy atom. The summed E-state index contributed by atoms with van der Waals surface area (Å²) >= 11 is 0. The maximum atomic E-state index is 10.0. The summed E-state index contributed by atoms with van der Waals surface area (Å²) < 4.78 is 0. The van der Waals surface area contributed by atoms with Crippen molar-refractivity contribution in [1.82, 2.24) is 0 Å². The Labute approximate surface area is 77.1 Å². The predicted molar refractivity (Wildman–Crippen MR) is 48.6 cm³/mol. The number of carbonyl (C=O) groups is 1. The van der Waals surface area contributed by atoms with Crippen molar-refractivity contribution in [3.63, 3.8) is 0 Å². The van der Waals surface area contributed by atoms with E-state index in [2.05, 4.69) is 23.7 Å². The van der Waals surface area contributed by atoms with E-state index in [1.165, 1.54) is 12.2 Å². The maximum absolute atomic E-state index is 10.0. The van der Waals surface area contributed by atoms with Gasteiger partial charge in [-0.15, -0.1) is 0 Å². The van der Waals surface area contributed by atoms with Gasteiger partial charge in [-0.05, 0) is 17.9 Å². The Kier molecular flexibility index (Phi) is 7.28. The normalized spacial score (nSPS) is 8.38. The Bertz CT molecular complexity index is 294. The van der Waals surface area contributed by atoms with Gasteiger partial charge >= 0.3 is 5.97 Å². The quantitative estimate of drug-likeness (QED) is 0.615. The third-order valence-corrected chi connectivity index (χ3v) is 0.994. The van der Waals surface area contributed by atoms with Crippen LogP contribution in [0.3, 0.4) is 0 Å². The Balaban J connectivity index is 3.64. The van der Waals surface area contributed by atoms with Gasteiger partial charge in [0.15, 0.2) is 0 Å². The van der Waals surface area contributed by atoms with Crippen molar-refractivity contribution in [2.45, 2.75) is 12.8 Å². The van der Waals surface area contributed by atoms with Crippen molar-refractivity contribution < 1.29 is 15.0 Å². The minimum absolute atomic E-state index is 0.0406. The lowest BCUT2D eigenvalue weighted by Crippen LogP contribution is -1.91. The summed E-state index contributed by atoms with van der Waals surface area (Å²) in [6.07, 6.45) is 3.34. The Morgan fingerprint density at radius 2 is 2.15 bits per heavy atom. The van der Waals surface area contributed by atoms with E-state index in [9.17, 15) is 4.79 Å². The van der Waals surface area contributed by atoms with Gasteiger partial charge in [-0.1, -0.05) is 17.9 Å². The highest BCUT2D eigenvalue weighted by molar-refractivity contribution is 5.67. The van der Waals surface area contributed by atoms with Crippen LogP contribution < -0.4 is 0 Å². The van der Waals surface area contributed by atoms with E-state index in [1.54, 1.807) is 0 Å². The van der Waals surface area contributed by atoms with Crippen LogP contribution in [-0.2, 0) is 4.79 Å². The molecule has 0 bridgehead atoms. The molecule has 0 aromatic heterocycles. The maximum Gasteiger partial charge on any atom is 0.304 e. The monoisotopic (exact) mass is 178 g/mol.